The van der Waals surface area contributed by atoms with Gasteiger partial charge in [-0.3, -0.25) is 9.00 Å². The second kappa shape index (κ2) is 5.98. The van der Waals surface area contributed by atoms with Gasteiger partial charge in [0.1, 0.15) is 0 Å². The molecule has 18 heavy (non-hydrogen) atoms. The van der Waals surface area contributed by atoms with Crippen LogP contribution in [0, 0.1) is 0 Å². The Labute approximate surface area is 115 Å². The van der Waals surface area contributed by atoms with Crippen molar-refractivity contribution in [3.63, 3.8) is 0 Å². The molecule has 0 aromatic heterocycles. The number of rotatable bonds is 4. The van der Waals surface area contributed by atoms with Crippen molar-refractivity contribution in [1.29, 1.82) is 0 Å². The minimum Gasteiger partial charge on any atom is -0.293 e. The third-order valence-electron chi connectivity index (χ3n) is 3.46. The molecule has 1 fully saturated rings. The SMILES string of the molecule is CC(C(=O)c1cccc(Cl)c1)S(=O)C1CCCC1. The lowest BCUT2D eigenvalue weighted by atomic mass is 10.1. The van der Waals surface area contributed by atoms with Gasteiger partial charge in [-0.1, -0.05) is 36.6 Å². The van der Waals surface area contributed by atoms with Crippen LogP contribution in [0.25, 0.3) is 0 Å². The molecule has 2 nitrogen and oxygen atoms in total. The molecule has 0 N–H and O–H groups in total. The van der Waals surface area contributed by atoms with Gasteiger partial charge in [-0.05, 0) is 31.9 Å². The van der Waals surface area contributed by atoms with E-state index in [1.54, 1.807) is 31.2 Å². The molecule has 2 rings (SSSR count). The van der Waals surface area contributed by atoms with Gasteiger partial charge in [0, 0.05) is 26.6 Å². The van der Waals surface area contributed by atoms with E-state index in [1.165, 1.54) is 0 Å². The van der Waals surface area contributed by atoms with Crippen LogP contribution in [0.1, 0.15) is 43.0 Å². The van der Waals surface area contributed by atoms with Crippen molar-refractivity contribution in [2.75, 3.05) is 0 Å². The number of hydrogen-bond donors (Lipinski definition) is 0. The first kappa shape index (κ1) is 13.8. The van der Waals surface area contributed by atoms with Crippen LogP contribution in [-0.2, 0) is 10.8 Å². The summed E-state index contributed by atoms with van der Waals surface area (Å²) in [6.07, 6.45) is 4.24. The molecule has 2 atom stereocenters. The van der Waals surface area contributed by atoms with Crippen molar-refractivity contribution in [3.05, 3.63) is 34.9 Å². The van der Waals surface area contributed by atoms with E-state index in [9.17, 15) is 9.00 Å². The Morgan fingerprint density at radius 2 is 2.06 bits per heavy atom. The summed E-state index contributed by atoms with van der Waals surface area (Å²) in [5, 5.41) is 0.300. The van der Waals surface area contributed by atoms with Gasteiger partial charge in [0.2, 0.25) is 0 Å². The number of carbonyl (C=O) groups is 1. The van der Waals surface area contributed by atoms with Gasteiger partial charge in [0.25, 0.3) is 0 Å². The Hall–Kier alpha value is -0.670. The summed E-state index contributed by atoms with van der Waals surface area (Å²) in [6, 6.07) is 6.86. The van der Waals surface area contributed by atoms with E-state index in [-0.39, 0.29) is 11.0 Å². The topological polar surface area (TPSA) is 34.1 Å². The number of benzene rings is 1. The fourth-order valence-corrected chi connectivity index (χ4v) is 4.30. The molecule has 98 valence electrons. The molecular weight excluding hydrogens is 268 g/mol. The monoisotopic (exact) mass is 284 g/mol. The van der Waals surface area contributed by atoms with Crippen molar-refractivity contribution in [2.45, 2.75) is 43.1 Å². The van der Waals surface area contributed by atoms with E-state index in [0.29, 0.717) is 10.6 Å². The fraction of sp³-hybridized carbons (Fsp3) is 0.500. The first-order valence-corrected chi connectivity index (χ1v) is 7.94. The van der Waals surface area contributed by atoms with E-state index in [2.05, 4.69) is 0 Å². The largest absolute Gasteiger partial charge is 0.293 e. The lowest BCUT2D eigenvalue weighted by Gasteiger charge is -2.15. The molecule has 0 spiro atoms. The van der Waals surface area contributed by atoms with Crippen molar-refractivity contribution in [3.8, 4) is 0 Å². The molecule has 4 heteroatoms. The lowest BCUT2D eigenvalue weighted by Crippen LogP contribution is -2.29. The highest BCUT2D eigenvalue weighted by molar-refractivity contribution is 7.87. The van der Waals surface area contributed by atoms with Crippen LogP contribution >= 0.6 is 11.6 Å². The summed E-state index contributed by atoms with van der Waals surface area (Å²) in [4.78, 5) is 12.2. The van der Waals surface area contributed by atoms with Crippen molar-refractivity contribution in [2.24, 2.45) is 0 Å². The zero-order chi connectivity index (χ0) is 13.1. The summed E-state index contributed by atoms with van der Waals surface area (Å²) >= 11 is 5.87. The standard InChI is InChI=1S/C14H17ClO2S/c1-10(18(17)13-7-2-3-8-13)14(16)11-5-4-6-12(15)9-11/h4-6,9-10,13H,2-3,7-8H2,1H3. The Morgan fingerprint density at radius 1 is 1.39 bits per heavy atom. The average molecular weight is 285 g/mol. The van der Waals surface area contributed by atoms with Gasteiger partial charge >= 0.3 is 0 Å². The minimum absolute atomic E-state index is 0.0669. The average Bonchev–Trinajstić information content (AvgIpc) is 2.90. The van der Waals surface area contributed by atoms with Gasteiger partial charge < -0.3 is 0 Å². The maximum Gasteiger partial charge on any atom is 0.178 e. The number of ketones is 1. The van der Waals surface area contributed by atoms with Crippen molar-refractivity contribution < 1.29 is 9.00 Å². The van der Waals surface area contributed by atoms with Crippen LogP contribution in [-0.4, -0.2) is 20.5 Å². The molecule has 1 aliphatic rings. The van der Waals surface area contributed by atoms with E-state index in [4.69, 9.17) is 11.6 Å². The number of halogens is 1. The molecule has 1 aliphatic carbocycles. The summed E-state index contributed by atoms with van der Waals surface area (Å²) in [6.45, 7) is 1.76. The molecule has 1 aromatic rings. The smallest absolute Gasteiger partial charge is 0.178 e. The van der Waals surface area contributed by atoms with Gasteiger partial charge in [-0.25, -0.2) is 0 Å². The Kier molecular flexibility index (Phi) is 4.57. The normalized spacial score (nSPS) is 19.7. The summed E-state index contributed by atoms with van der Waals surface area (Å²) in [7, 11) is -1.07. The minimum atomic E-state index is -1.07. The molecule has 1 saturated carbocycles. The molecule has 0 aliphatic heterocycles. The van der Waals surface area contributed by atoms with Gasteiger partial charge in [0.05, 0.1) is 5.25 Å². The first-order chi connectivity index (χ1) is 8.59. The summed E-state index contributed by atoms with van der Waals surface area (Å²) in [5.41, 5.74) is 0.557. The predicted molar refractivity (Wildman–Crippen MR) is 75.6 cm³/mol. The maximum atomic E-state index is 12.3. The van der Waals surface area contributed by atoms with Crippen LogP contribution in [0.5, 0.6) is 0 Å². The first-order valence-electron chi connectivity index (χ1n) is 6.29. The van der Waals surface area contributed by atoms with E-state index < -0.39 is 16.0 Å². The van der Waals surface area contributed by atoms with Crippen LogP contribution in [0.4, 0.5) is 0 Å². The highest BCUT2D eigenvalue weighted by Crippen LogP contribution is 2.26. The van der Waals surface area contributed by atoms with Gasteiger partial charge in [-0.2, -0.15) is 0 Å². The number of Topliss-reactive ketones (excluding diaryl/α,β-unsaturated/α-hetero) is 1. The van der Waals surface area contributed by atoms with Crippen LogP contribution in [0.3, 0.4) is 0 Å². The Balaban J connectivity index is 2.10. The molecule has 2 unspecified atom stereocenters. The van der Waals surface area contributed by atoms with Crippen LogP contribution in [0.15, 0.2) is 24.3 Å². The molecule has 0 saturated heterocycles. The highest BCUT2D eigenvalue weighted by Gasteiger charge is 2.29. The third kappa shape index (κ3) is 3.01. The Morgan fingerprint density at radius 3 is 2.67 bits per heavy atom. The van der Waals surface area contributed by atoms with Crippen molar-refractivity contribution in [1.82, 2.24) is 0 Å². The van der Waals surface area contributed by atoms with Crippen LogP contribution < -0.4 is 0 Å². The second-order valence-electron chi connectivity index (χ2n) is 4.75. The summed E-state index contributed by atoms with van der Waals surface area (Å²) in [5.74, 6) is -0.0669. The number of hydrogen-bond acceptors (Lipinski definition) is 2. The lowest BCUT2D eigenvalue weighted by molar-refractivity contribution is 0.0992. The molecule has 0 heterocycles. The Bertz CT molecular complexity index is 467. The number of carbonyl (C=O) groups excluding carboxylic acids is 1. The molecular formula is C14H17ClO2S. The fourth-order valence-electron chi connectivity index (χ4n) is 2.39. The quantitative estimate of drug-likeness (QED) is 0.792. The van der Waals surface area contributed by atoms with Crippen LogP contribution in [0.2, 0.25) is 5.02 Å². The van der Waals surface area contributed by atoms with Crippen molar-refractivity contribution >= 4 is 28.2 Å². The predicted octanol–water partition coefficient (Wildman–Crippen LogP) is 3.60. The highest BCUT2D eigenvalue weighted by atomic mass is 35.5. The van der Waals surface area contributed by atoms with Gasteiger partial charge in [-0.15, -0.1) is 0 Å². The maximum absolute atomic E-state index is 12.3. The van der Waals surface area contributed by atoms with E-state index in [0.717, 1.165) is 25.7 Å². The summed E-state index contributed by atoms with van der Waals surface area (Å²) < 4.78 is 12.3. The second-order valence-corrected chi connectivity index (χ2v) is 7.22. The molecule has 1 aromatic carbocycles. The van der Waals surface area contributed by atoms with Gasteiger partial charge in [0.15, 0.2) is 5.78 Å². The molecule has 0 bridgehead atoms. The molecule has 0 radical (unpaired) electrons. The van der Waals surface area contributed by atoms with E-state index >= 15 is 0 Å². The molecule has 0 amide bonds. The zero-order valence-corrected chi connectivity index (χ0v) is 12.0. The third-order valence-corrected chi connectivity index (χ3v) is 5.73. The zero-order valence-electron chi connectivity index (χ0n) is 10.4. The van der Waals surface area contributed by atoms with E-state index in [1.807, 2.05) is 0 Å².